The van der Waals surface area contributed by atoms with Crippen LogP contribution in [0, 0.1) is 6.57 Å². The second kappa shape index (κ2) is 10.2. The smallest absolute Gasteiger partial charge is 0.205 e. The topological polar surface area (TPSA) is 30.7 Å². The zero-order valence-corrected chi connectivity index (χ0v) is 5.97. The number of methoxy groups -OCH3 is 1. The molecule has 3 heteroatoms. The van der Waals surface area contributed by atoms with Crippen LogP contribution >= 0.6 is 0 Å². The number of ether oxygens (including phenoxy) is 1. The summed E-state index contributed by atoms with van der Waals surface area (Å²) >= 11 is 0. The minimum atomic E-state index is 0.0671. The predicted octanol–water partition coefficient (Wildman–Crippen LogP) is 0.757. The average Bonchev–Trinajstić information content (AvgIpc) is 1.67. The van der Waals surface area contributed by atoms with Gasteiger partial charge in [0.1, 0.15) is 6.61 Å². The highest BCUT2D eigenvalue weighted by atomic mass is 16.5. The highest BCUT2D eigenvalue weighted by Gasteiger charge is 1.83. The summed E-state index contributed by atoms with van der Waals surface area (Å²) in [7, 11) is 2.92. The Bertz CT molecular complexity index is 104. The van der Waals surface area contributed by atoms with Gasteiger partial charge in [-0.25, -0.2) is 6.57 Å². The number of rotatable bonds is 2. The van der Waals surface area contributed by atoms with Crippen LogP contribution in [0.4, 0.5) is 0 Å². The molecule has 3 nitrogen and oxygen atoms in total. The predicted molar refractivity (Wildman–Crippen MR) is 35.1 cm³/mol. The second-order valence-electron chi connectivity index (χ2n) is 1.36. The van der Waals surface area contributed by atoms with E-state index in [2.05, 4.69) is 9.58 Å². The quantitative estimate of drug-likeness (QED) is 0.515. The standard InChI is InChI=1S/C4H8O2.C2H3N/c1-4(5)3-6-2;1-3-2/h3H2,1-2H3;1H3. The molecule has 0 rings (SSSR count). The maximum Gasteiger partial charge on any atom is 0.205 e. The largest absolute Gasteiger partial charge is 0.377 e. The Morgan fingerprint density at radius 1 is 1.78 bits per heavy atom. The lowest BCUT2D eigenvalue weighted by molar-refractivity contribution is -0.120. The molecule has 0 aliphatic rings. The molecule has 0 aromatic rings. The lowest BCUT2D eigenvalue weighted by atomic mass is 10.5. The molecular formula is C6H11NO2. The lowest BCUT2D eigenvalue weighted by Crippen LogP contribution is -1.98. The van der Waals surface area contributed by atoms with Gasteiger partial charge in [-0.1, -0.05) is 0 Å². The molecule has 0 radical (unpaired) electrons. The number of carbonyl (C=O) groups excluding carboxylic acids is 1. The van der Waals surface area contributed by atoms with E-state index in [1.165, 1.54) is 21.1 Å². The van der Waals surface area contributed by atoms with Crippen molar-refractivity contribution in [2.75, 3.05) is 20.8 Å². The van der Waals surface area contributed by atoms with Crippen LogP contribution in [0.25, 0.3) is 4.85 Å². The number of hydrogen-bond donors (Lipinski definition) is 0. The molecule has 0 aromatic heterocycles. The van der Waals surface area contributed by atoms with Crippen LogP contribution in [-0.4, -0.2) is 26.5 Å². The molecule has 0 aromatic carbocycles. The molecular weight excluding hydrogens is 118 g/mol. The Labute approximate surface area is 55.4 Å². The normalized spacial score (nSPS) is 6.44. The molecule has 0 spiro atoms. The van der Waals surface area contributed by atoms with Gasteiger partial charge in [0.25, 0.3) is 0 Å². The Kier molecular flexibility index (Phi) is 12.4. The van der Waals surface area contributed by atoms with E-state index < -0.39 is 0 Å². The van der Waals surface area contributed by atoms with Gasteiger partial charge in [0.15, 0.2) is 5.78 Å². The van der Waals surface area contributed by atoms with E-state index >= 15 is 0 Å². The fourth-order valence-electron chi connectivity index (χ4n) is 0.203. The van der Waals surface area contributed by atoms with Gasteiger partial charge in [-0.3, -0.25) is 4.79 Å². The molecule has 0 aliphatic carbocycles. The van der Waals surface area contributed by atoms with Crippen molar-refractivity contribution in [2.24, 2.45) is 0 Å². The van der Waals surface area contributed by atoms with Gasteiger partial charge in [0.2, 0.25) is 7.05 Å². The molecule has 0 unspecified atom stereocenters. The minimum Gasteiger partial charge on any atom is -0.377 e. The summed E-state index contributed by atoms with van der Waals surface area (Å²) in [6.45, 7) is 7.56. The van der Waals surface area contributed by atoms with Gasteiger partial charge in [-0.2, -0.15) is 0 Å². The average molecular weight is 129 g/mol. The third-order valence-corrected chi connectivity index (χ3v) is 0.348. The van der Waals surface area contributed by atoms with Crippen molar-refractivity contribution in [2.45, 2.75) is 6.92 Å². The van der Waals surface area contributed by atoms with E-state index in [1.54, 1.807) is 0 Å². The number of Topliss-reactive ketones (excluding diaryl/α,β-unsaturated/α-hetero) is 1. The molecule has 52 valence electrons. The molecule has 0 amide bonds. The maximum absolute atomic E-state index is 9.92. The van der Waals surface area contributed by atoms with E-state index in [1.807, 2.05) is 0 Å². The van der Waals surface area contributed by atoms with Gasteiger partial charge in [0, 0.05) is 7.11 Å². The van der Waals surface area contributed by atoms with Crippen LogP contribution in [0.2, 0.25) is 0 Å². The van der Waals surface area contributed by atoms with Gasteiger partial charge < -0.3 is 9.58 Å². The van der Waals surface area contributed by atoms with Crippen LogP contribution in [0.3, 0.4) is 0 Å². The van der Waals surface area contributed by atoms with E-state index in [9.17, 15) is 4.79 Å². The van der Waals surface area contributed by atoms with E-state index in [0.717, 1.165) is 0 Å². The molecule has 0 bridgehead atoms. The highest BCUT2D eigenvalue weighted by Crippen LogP contribution is 1.65. The van der Waals surface area contributed by atoms with Crippen molar-refractivity contribution in [3.05, 3.63) is 11.4 Å². The fourth-order valence-corrected chi connectivity index (χ4v) is 0.203. The third kappa shape index (κ3) is 41.5. The van der Waals surface area contributed by atoms with Crippen molar-refractivity contribution in [3.63, 3.8) is 0 Å². The number of carbonyl (C=O) groups is 1. The number of ketones is 1. The molecule has 0 N–H and O–H groups in total. The molecule has 0 fully saturated rings. The van der Waals surface area contributed by atoms with Crippen LogP contribution in [-0.2, 0) is 9.53 Å². The maximum atomic E-state index is 9.92. The molecule has 0 aliphatic heterocycles. The first-order valence-electron chi connectivity index (χ1n) is 2.43. The third-order valence-electron chi connectivity index (χ3n) is 0.348. The summed E-state index contributed by atoms with van der Waals surface area (Å²) < 4.78 is 4.45. The van der Waals surface area contributed by atoms with Gasteiger partial charge in [0.05, 0.1) is 0 Å². The summed E-state index contributed by atoms with van der Waals surface area (Å²) in [5, 5.41) is 0. The van der Waals surface area contributed by atoms with Crippen molar-refractivity contribution >= 4 is 5.78 Å². The van der Waals surface area contributed by atoms with E-state index in [-0.39, 0.29) is 12.4 Å². The van der Waals surface area contributed by atoms with Crippen molar-refractivity contribution in [3.8, 4) is 0 Å². The molecule has 0 atom stereocenters. The van der Waals surface area contributed by atoms with Gasteiger partial charge in [-0.05, 0) is 6.92 Å². The molecule has 0 saturated carbocycles. The summed E-state index contributed by atoms with van der Waals surface area (Å²) in [6.07, 6.45) is 0. The SMILES string of the molecule is COCC(C)=O.[C-]#[N+]C. The van der Waals surface area contributed by atoms with Gasteiger partial charge >= 0.3 is 0 Å². The van der Waals surface area contributed by atoms with E-state index in [4.69, 9.17) is 6.57 Å². The summed E-state index contributed by atoms with van der Waals surface area (Å²) in [5.74, 6) is 0.0671. The van der Waals surface area contributed by atoms with Crippen molar-refractivity contribution in [1.82, 2.24) is 0 Å². The summed E-state index contributed by atoms with van der Waals surface area (Å²) in [6, 6.07) is 0. The lowest BCUT2D eigenvalue weighted by Gasteiger charge is -1.84. The minimum absolute atomic E-state index is 0.0671. The Morgan fingerprint density at radius 3 is 2.11 bits per heavy atom. The zero-order valence-electron chi connectivity index (χ0n) is 5.97. The van der Waals surface area contributed by atoms with Crippen LogP contribution in [0.15, 0.2) is 0 Å². The highest BCUT2D eigenvalue weighted by molar-refractivity contribution is 5.76. The number of nitrogens with zero attached hydrogens (tertiary/aromatic N) is 1. The Balaban J connectivity index is 0. The van der Waals surface area contributed by atoms with Crippen LogP contribution in [0.5, 0.6) is 0 Å². The molecule has 0 saturated heterocycles. The summed E-state index contributed by atoms with van der Waals surface area (Å²) in [5.41, 5.74) is 0. The second-order valence-corrected chi connectivity index (χ2v) is 1.36. The van der Waals surface area contributed by atoms with Crippen molar-refractivity contribution in [1.29, 1.82) is 0 Å². The number of hydrogen-bond acceptors (Lipinski definition) is 2. The zero-order chi connectivity index (χ0) is 7.70. The Morgan fingerprint density at radius 2 is 2.11 bits per heavy atom. The first-order valence-corrected chi connectivity index (χ1v) is 2.43. The molecule has 0 heterocycles. The fraction of sp³-hybridized carbons (Fsp3) is 0.667. The van der Waals surface area contributed by atoms with Crippen LogP contribution in [0.1, 0.15) is 6.92 Å². The Hall–Kier alpha value is -0.880. The van der Waals surface area contributed by atoms with Crippen molar-refractivity contribution < 1.29 is 9.53 Å². The first kappa shape index (κ1) is 11.0. The summed E-state index contributed by atoms with van der Waals surface area (Å²) in [4.78, 5) is 12.7. The van der Waals surface area contributed by atoms with Crippen LogP contribution < -0.4 is 0 Å². The van der Waals surface area contributed by atoms with Gasteiger partial charge in [-0.15, -0.1) is 0 Å². The molecule has 9 heavy (non-hydrogen) atoms. The van der Waals surface area contributed by atoms with E-state index in [0.29, 0.717) is 0 Å². The monoisotopic (exact) mass is 129 g/mol. The first-order chi connectivity index (χ1) is 4.18.